The topological polar surface area (TPSA) is 78.9 Å². The molecule has 1 unspecified atom stereocenters. The molecule has 0 saturated carbocycles. The van der Waals surface area contributed by atoms with Gasteiger partial charge in [0, 0.05) is 19.3 Å². The van der Waals surface area contributed by atoms with Crippen LogP contribution in [0.5, 0.6) is 0 Å². The van der Waals surface area contributed by atoms with E-state index in [1.165, 1.54) is 0 Å². The fourth-order valence-corrected chi connectivity index (χ4v) is 6.26. The second-order valence-electron chi connectivity index (χ2n) is 16.8. The molecule has 394 valence electrons. The van der Waals surface area contributed by atoms with Crippen LogP contribution in [-0.4, -0.2) is 37.2 Å². The Hall–Kier alpha value is -6.01. The zero-order chi connectivity index (χ0) is 52.2. The third kappa shape index (κ3) is 54.9. The van der Waals surface area contributed by atoms with E-state index >= 15 is 0 Å². The molecule has 6 nitrogen and oxygen atoms in total. The monoisotopic (exact) mass is 983 g/mol. The molecular weight excluding hydrogens is 889 g/mol. The molecule has 0 aromatic heterocycles. The zero-order valence-corrected chi connectivity index (χ0v) is 44.8. The average Bonchev–Trinajstić information content (AvgIpc) is 3.38. The maximum absolute atomic E-state index is 12.8. The minimum absolute atomic E-state index is 0.152. The normalized spacial score (nSPS) is 13.8. The van der Waals surface area contributed by atoms with Crippen LogP contribution in [-0.2, 0) is 28.6 Å². The molecule has 1 atom stereocenters. The molecule has 0 saturated heterocycles. The van der Waals surface area contributed by atoms with E-state index in [-0.39, 0.29) is 50.4 Å². The Morgan fingerprint density at radius 1 is 0.292 bits per heavy atom. The first kappa shape index (κ1) is 66.0. The lowest BCUT2D eigenvalue weighted by molar-refractivity contribution is -0.166. The molecule has 6 heteroatoms. The van der Waals surface area contributed by atoms with Crippen molar-refractivity contribution in [3.8, 4) is 0 Å². The van der Waals surface area contributed by atoms with Crippen molar-refractivity contribution in [3.63, 3.8) is 0 Å². The number of allylic oxidation sites excluding steroid dienone is 34. The van der Waals surface area contributed by atoms with Gasteiger partial charge in [-0.1, -0.05) is 240 Å². The first-order valence-electron chi connectivity index (χ1n) is 27.2. The van der Waals surface area contributed by atoms with Gasteiger partial charge in [-0.3, -0.25) is 14.4 Å². The van der Waals surface area contributed by atoms with E-state index < -0.39 is 6.10 Å². The predicted molar refractivity (Wildman–Crippen MR) is 310 cm³/mol. The summed E-state index contributed by atoms with van der Waals surface area (Å²) in [4.78, 5) is 38.1. The number of rotatable bonds is 45. The summed E-state index contributed by atoms with van der Waals surface area (Å²) in [6.07, 6.45) is 89.6. The third-order valence-corrected chi connectivity index (χ3v) is 10.2. The van der Waals surface area contributed by atoms with E-state index in [0.29, 0.717) is 19.3 Å². The van der Waals surface area contributed by atoms with Crippen LogP contribution in [0.1, 0.15) is 168 Å². The summed E-state index contributed by atoms with van der Waals surface area (Å²) in [6.45, 7) is 6.09. The molecule has 0 fully saturated rings. The average molecular weight is 983 g/mol. The van der Waals surface area contributed by atoms with Gasteiger partial charge in [0.1, 0.15) is 13.2 Å². The van der Waals surface area contributed by atoms with Gasteiger partial charge >= 0.3 is 17.9 Å². The highest BCUT2D eigenvalue weighted by atomic mass is 16.6. The van der Waals surface area contributed by atoms with Crippen molar-refractivity contribution in [2.24, 2.45) is 0 Å². The molecule has 0 aromatic rings. The van der Waals surface area contributed by atoms with E-state index in [0.717, 1.165) is 109 Å². The van der Waals surface area contributed by atoms with Crippen LogP contribution in [0.4, 0.5) is 0 Å². The number of carbonyl (C=O) groups is 3. The highest BCUT2D eigenvalue weighted by molar-refractivity contribution is 5.71. The SMILES string of the molecule is CC\C=C/C=C\C=C/C=C\C=C\C=C/C=C\CCCCCC(=O)OCC(COC(=O)CC/C=C\C/C=C\C/C=C\C/C=C\C/C=C\CC)OC(=O)CCCCC/C=C\C/C=C\C/C=C\C/C=C\C/C=C\CC. The van der Waals surface area contributed by atoms with Crippen molar-refractivity contribution in [2.75, 3.05) is 13.2 Å². The van der Waals surface area contributed by atoms with Crippen molar-refractivity contribution in [3.05, 3.63) is 207 Å². The Labute approximate surface area is 439 Å². The molecule has 0 N–H and O–H groups in total. The van der Waals surface area contributed by atoms with Crippen LogP contribution in [0, 0.1) is 0 Å². The molecule has 72 heavy (non-hydrogen) atoms. The molecule has 0 bridgehead atoms. The Balaban J connectivity index is 4.72. The highest BCUT2D eigenvalue weighted by Crippen LogP contribution is 2.10. The molecule has 0 amide bonds. The lowest BCUT2D eigenvalue weighted by atomic mass is 10.1. The van der Waals surface area contributed by atoms with Gasteiger partial charge in [0.15, 0.2) is 6.10 Å². The number of carbonyl (C=O) groups excluding carboxylic acids is 3. The van der Waals surface area contributed by atoms with Gasteiger partial charge in [-0.05, 0) is 116 Å². The fourth-order valence-electron chi connectivity index (χ4n) is 6.26. The molecule has 0 aliphatic heterocycles. The van der Waals surface area contributed by atoms with Crippen LogP contribution in [0.15, 0.2) is 207 Å². The van der Waals surface area contributed by atoms with Crippen molar-refractivity contribution in [2.45, 2.75) is 175 Å². The van der Waals surface area contributed by atoms with Crippen molar-refractivity contribution < 1.29 is 28.6 Å². The first-order valence-corrected chi connectivity index (χ1v) is 27.2. The molecular formula is C66H94O6. The first-order chi connectivity index (χ1) is 35.5. The smallest absolute Gasteiger partial charge is 0.306 e. The van der Waals surface area contributed by atoms with E-state index in [2.05, 4.69) is 142 Å². The lowest BCUT2D eigenvalue weighted by Crippen LogP contribution is -2.30. The zero-order valence-electron chi connectivity index (χ0n) is 44.8. The lowest BCUT2D eigenvalue weighted by Gasteiger charge is -2.18. The number of hydrogen-bond donors (Lipinski definition) is 0. The van der Waals surface area contributed by atoms with E-state index in [1.807, 2.05) is 85.1 Å². The second-order valence-corrected chi connectivity index (χ2v) is 16.8. The summed E-state index contributed by atoms with van der Waals surface area (Å²) in [5.41, 5.74) is 0. The third-order valence-electron chi connectivity index (χ3n) is 10.2. The summed E-state index contributed by atoms with van der Waals surface area (Å²) < 4.78 is 16.7. The fraction of sp³-hybridized carbons (Fsp3) is 0.439. The second kappa shape index (κ2) is 57.6. The van der Waals surface area contributed by atoms with E-state index in [1.54, 1.807) is 0 Å². The largest absolute Gasteiger partial charge is 0.462 e. The van der Waals surface area contributed by atoms with Crippen LogP contribution < -0.4 is 0 Å². The van der Waals surface area contributed by atoms with Gasteiger partial charge in [-0.15, -0.1) is 0 Å². The minimum Gasteiger partial charge on any atom is -0.462 e. The van der Waals surface area contributed by atoms with Gasteiger partial charge < -0.3 is 14.2 Å². The standard InChI is InChI=1S/C66H94O6/c1-4-7-10-13-16-19-22-25-28-31-33-35-38-41-44-47-50-53-56-59-65(68)71-62-63(61-70-64(67)58-55-52-49-46-43-40-37-30-27-24-21-18-15-12-9-6-3)72-66(69)60-57-54-51-48-45-42-39-36-34-32-29-26-23-20-17-14-11-8-5-2/h7-13,16-22,25-31,33-36,38,40-45,49,52,63H,4-6,14-15,23-24,32,37,39,46-48,50-51,53-62H2,1-3H3/b10-7-,11-8-,12-9-,16-13-,20-17-,21-18-,22-19-,28-25-,29-26-,30-27-,33-31+,36-34-,38-35-,43-40-,44-41-,45-42-,52-49-. The van der Waals surface area contributed by atoms with Gasteiger partial charge in [0.2, 0.25) is 0 Å². The van der Waals surface area contributed by atoms with Gasteiger partial charge in [0.05, 0.1) is 0 Å². The molecule has 0 radical (unpaired) electrons. The Bertz CT molecular complexity index is 1840. The number of unbranched alkanes of at least 4 members (excludes halogenated alkanes) is 6. The molecule has 0 aliphatic carbocycles. The van der Waals surface area contributed by atoms with Gasteiger partial charge in [-0.25, -0.2) is 0 Å². The molecule has 0 heterocycles. The maximum Gasteiger partial charge on any atom is 0.306 e. The number of esters is 3. The molecule has 0 spiro atoms. The van der Waals surface area contributed by atoms with Crippen molar-refractivity contribution in [1.29, 1.82) is 0 Å². The van der Waals surface area contributed by atoms with Crippen LogP contribution >= 0.6 is 0 Å². The summed E-state index contributed by atoms with van der Waals surface area (Å²) in [5, 5.41) is 0. The van der Waals surface area contributed by atoms with Crippen molar-refractivity contribution >= 4 is 17.9 Å². The Morgan fingerprint density at radius 3 is 1.00 bits per heavy atom. The Kier molecular flexibility index (Phi) is 52.8. The number of hydrogen-bond acceptors (Lipinski definition) is 6. The van der Waals surface area contributed by atoms with Gasteiger partial charge in [0.25, 0.3) is 0 Å². The quantitative estimate of drug-likeness (QED) is 0.0199. The molecule has 0 aliphatic rings. The summed E-state index contributed by atoms with van der Waals surface area (Å²) >= 11 is 0. The summed E-state index contributed by atoms with van der Waals surface area (Å²) in [6, 6.07) is 0. The van der Waals surface area contributed by atoms with Crippen molar-refractivity contribution in [1.82, 2.24) is 0 Å². The van der Waals surface area contributed by atoms with Crippen LogP contribution in [0.25, 0.3) is 0 Å². The van der Waals surface area contributed by atoms with Crippen LogP contribution in [0.2, 0.25) is 0 Å². The summed E-state index contributed by atoms with van der Waals surface area (Å²) in [7, 11) is 0. The van der Waals surface area contributed by atoms with Gasteiger partial charge in [-0.2, -0.15) is 0 Å². The number of ether oxygens (including phenoxy) is 3. The maximum atomic E-state index is 12.8. The summed E-state index contributed by atoms with van der Waals surface area (Å²) in [5.74, 6) is -1.13. The molecule has 0 aromatic carbocycles. The molecule has 0 rings (SSSR count). The highest BCUT2D eigenvalue weighted by Gasteiger charge is 2.19. The minimum atomic E-state index is -0.860. The predicted octanol–water partition coefficient (Wildman–Crippen LogP) is 18.5. The Morgan fingerprint density at radius 2 is 0.597 bits per heavy atom. The van der Waals surface area contributed by atoms with Crippen LogP contribution in [0.3, 0.4) is 0 Å². The van der Waals surface area contributed by atoms with E-state index in [4.69, 9.17) is 14.2 Å². The van der Waals surface area contributed by atoms with E-state index in [9.17, 15) is 14.4 Å².